The summed E-state index contributed by atoms with van der Waals surface area (Å²) in [7, 11) is -3.85. The van der Waals surface area contributed by atoms with Gasteiger partial charge in [-0.2, -0.15) is 5.10 Å². The minimum absolute atomic E-state index is 0.0125. The van der Waals surface area contributed by atoms with Crippen molar-refractivity contribution in [3.8, 4) is 5.69 Å². The summed E-state index contributed by atoms with van der Waals surface area (Å²) in [6.07, 6.45) is 3.26. The number of nitrogens with one attached hydrogen (secondary N) is 2. The van der Waals surface area contributed by atoms with Gasteiger partial charge in [0.05, 0.1) is 21.3 Å². The van der Waals surface area contributed by atoms with Crippen LogP contribution in [0.15, 0.2) is 59.6 Å². The number of hydrogen-bond donors (Lipinski definition) is 2. The van der Waals surface area contributed by atoms with Crippen LogP contribution in [0.5, 0.6) is 0 Å². The van der Waals surface area contributed by atoms with Gasteiger partial charge >= 0.3 is 0 Å². The fourth-order valence-corrected chi connectivity index (χ4v) is 4.86. The van der Waals surface area contributed by atoms with Crippen LogP contribution in [0.25, 0.3) is 5.69 Å². The Morgan fingerprint density at radius 3 is 2.48 bits per heavy atom. The number of benzene rings is 2. The van der Waals surface area contributed by atoms with E-state index in [9.17, 15) is 13.2 Å². The number of carbonyl (C=O) groups is 1. The molecule has 4 rings (SSSR count). The first-order chi connectivity index (χ1) is 13.8. The van der Waals surface area contributed by atoms with Crippen LogP contribution >= 0.6 is 23.2 Å². The van der Waals surface area contributed by atoms with Crippen LogP contribution in [0.4, 0.5) is 5.82 Å². The normalized spacial score (nSPS) is 14.0. The van der Waals surface area contributed by atoms with E-state index in [0.717, 1.165) is 18.5 Å². The molecule has 1 saturated carbocycles. The topological polar surface area (TPSA) is 93.1 Å². The highest BCUT2D eigenvalue weighted by atomic mass is 35.5. The fraction of sp³-hybridized carbons (Fsp3) is 0.158. The van der Waals surface area contributed by atoms with Gasteiger partial charge in [-0.05, 0) is 37.1 Å². The van der Waals surface area contributed by atoms with Crippen molar-refractivity contribution in [2.75, 3.05) is 5.32 Å². The molecule has 10 heteroatoms. The number of aromatic nitrogens is 2. The second kappa shape index (κ2) is 7.79. The van der Waals surface area contributed by atoms with Crippen LogP contribution in [0.2, 0.25) is 10.0 Å². The molecule has 0 atom stereocenters. The largest absolute Gasteiger partial charge is 0.305 e. The van der Waals surface area contributed by atoms with Crippen LogP contribution in [0.1, 0.15) is 23.2 Å². The highest BCUT2D eigenvalue weighted by molar-refractivity contribution is 7.89. The summed E-state index contributed by atoms with van der Waals surface area (Å²) in [5, 5.41) is 6.92. The average molecular weight is 451 g/mol. The van der Waals surface area contributed by atoms with E-state index in [2.05, 4.69) is 15.1 Å². The lowest BCUT2D eigenvalue weighted by Crippen LogP contribution is -2.26. The standard InChI is InChI=1S/C19H16Cl2N4O3S/c20-15-11-16(21)17(29(27,28)24-12-6-7-12)10-14(15)19(26)22-18-8-9-25(23-18)13-4-2-1-3-5-13/h1-5,8-12,24H,6-7H2,(H,22,23,26). The lowest BCUT2D eigenvalue weighted by atomic mass is 10.2. The summed E-state index contributed by atoms with van der Waals surface area (Å²) in [5.74, 6) is -0.293. The quantitative estimate of drug-likeness (QED) is 0.595. The van der Waals surface area contributed by atoms with Crippen molar-refractivity contribution >= 4 is 45.0 Å². The van der Waals surface area contributed by atoms with E-state index in [1.807, 2.05) is 30.3 Å². The zero-order valence-corrected chi connectivity index (χ0v) is 17.3. The van der Waals surface area contributed by atoms with Gasteiger partial charge in [0, 0.05) is 18.3 Å². The summed E-state index contributed by atoms with van der Waals surface area (Å²) in [4.78, 5) is 12.5. The van der Waals surface area contributed by atoms with Gasteiger partial charge < -0.3 is 5.32 Å². The Hall–Kier alpha value is -2.39. The van der Waals surface area contributed by atoms with E-state index in [1.54, 1.807) is 16.9 Å². The van der Waals surface area contributed by atoms with E-state index in [4.69, 9.17) is 23.2 Å². The molecule has 3 aromatic rings. The Morgan fingerprint density at radius 1 is 1.07 bits per heavy atom. The first-order valence-electron chi connectivity index (χ1n) is 8.77. The van der Waals surface area contributed by atoms with Gasteiger partial charge in [-0.1, -0.05) is 41.4 Å². The molecule has 0 bridgehead atoms. The first-order valence-corrected chi connectivity index (χ1v) is 11.0. The van der Waals surface area contributed by atoms with Gasteiger partial charge in [0.2, 0.25) is 10.0 Å². The number of anilines is 1. The maximum atomic E-state index is 12.7. The van der Waals surface area contributed by atoms with Gasteiger partial charge in [-0.3, -0.25) is 4.79 Å². The second-order valence-corrected chi connectivity index (χ2v) is 9.09. The van der Waals surface area contributed by atoms with Crippen LogP contribution in [0.3, 0.4) is 0 Å². The van der Waals surface area contributed by atoms with E-state index in [1.165, 1.54) is 12.1 Å². The predicted molar refractivity (Wildman–Crippen MR) is 111 cm³/mol. The van der Waals surface area contributed by atoms with Crippen LogP contribution in [0, 0.1) is 0 Å². The number of sulfonamides is 1. The molecule has 0 aliphatic heterocycles. The summed E-state index contributed by atoms with van der Waals surface area (Å²) in [5.41, 5.74) is 0.818. The van der Waals surface area contributed by atoms with Crippen molar-refractivity contribution < 1.29 is 13.2 Å². The minimum atomic E-state index is -3.85. The van der Waals surface area contributed by atoms with Crippen LogP contribution in [-0.2, 0) is 10.0 Å². The van der Waals surface area contributed by atoms with Crippen molar-refractivity contribution in [3.63, 3.8) is 0 Å². The molecule has 0 saturated heterocycles. The fourth-order valence-electron chi connectivity index (χ4n) is 2.69. The number of halogens is 2. The Labute approximate surface area is 177 Å². The van der Waals surface area contributed by atoms with Gasteiger partial charge in [0.25, 0.3) is 5.91 Å². The third-order valence-corrected chi connectivity index (χ3v) is 6.60. The van der Waals surface area contributed by atoms with Gasteiger partial charge in [-0.25, -0.2) is 17.8 Å². The molecule has 2 N–H and O–H groups in total. The molecule has 150 valence electrons. The van der Waals surface area contributed by atoms with Crippen LogP contribution < -0.4 is 10.0 Å². The molecule has 2 aromatic carbocycles. The molecule has 0 radical (unpaired) electrons. The number of amides is 1. The van der Waals surface area contributed by atoms with E-state index in [0.29, 0.717) is 5.82 Å². The minimum Gasteiger partial charge on any atom is -0.305 e. The van der Waals surface area contributed by atoms with E-state index < -0.39 is 15.9 Å². The van der Waals surface area contributed by atoms with Crippen LogP contribution in [-0.4, -0.2) is 30.1 Å². The van der Waals surface area contributed by atoms with Crippen molar-refractivity contribution in [3.05, 3.63) is 70.3 Å². The number of hydrogen-bond acceptors (Lipinski definition) is 4. The lowest BCUT2D eigenvalue weighted by Gasteiger charge is -2.11. The zero-order chi connectivity index (χ0) is 20.6. The highest BCUT2D eigenvalue weighted by Crippen LogP contribution is 2.31. The number of nitrogens with zero attached hydrogens (tertiary/aromatic N) is 2. The predicted octanol–water partition coefficient (Wildman–Crippen LogP) is 3.87. The molecule has 1 aliphatic rings. The molecule has 0 spiro atoms. The Balaban J connectivity index is 1.59. The molecule has 0 unspecified atom stereocenters. The van der Waals surface area contributed by atoms with Crippen molar-refractivity contribution in [2.45, 2.75) is 23.8 Å². The molecule has 7 nitrogen and oxygen atoms in total. The SMILES string of the molecule is O=C(Nc1ccn(-c2ccccc2)n1)c1cc(S(=O)(=O)NC2CC2)c(Cl)cc1Cl. The molecule has 1 aliphatic carbocycles. The van der Waals surface area contributed by atoms with E-state index >= 15 is 0 Å². The summed E-state index contributed by atoms with van der Waals surface area (Å²) in [6.45, 7) is 0. The molecule has 1 heterocycles. The third kappa shape index (κ3) is 4.45. The summed E-state index contributed by atoms with van der Waals surface area (Å²) in [6, 6.07) is 13.4. The zero-order valence-electron chi connectivity index (χ0n) is 15.0. The monoisotopic (exact) mass is 450 g/mol. The number of carbonyl (C=O) groups excluding carboxylic acids is 1. The van der Waals surface area contributed by atoms with Crippen molar-refractivity contribution in [2.24, 2.45) is 0 Å². The molecular weight excluding hydrogens is 435 g/mol. The lowest BCUT2D eigenvalue weighted by molar-refractivity contribution is 0.102. The number of para-hydroxylation sites is 1. The number of rotatable bonds is 6. The maximum absolute atomic E-state index is 12.7. The average Bonchev–Trinajstić information content (AvgIpc) is 3.35. The Kier molecular flexibility index (Phi) is 5.35. The smallest absolute Gasteiger partial charge is 0.258 e. The summed E-state index contributed by atoms with van der Waals surface area (Å²) < 4.78 is 29.2. The first kappa shape index (κ1) is 19.9. The van der Waals surface area contributed by atoms with E-state index in [-0.39, 0.29) is 26.5 Å². The van der Waals surface area contributed by atoms with Crippen molar-refractivity contribution in [1.29, 1.82) is 0 Å². The van der Waals surface area contributed by atoms with Crippen molar-refractivity contribution in [1.82, 2.24) is 14.5 Å². The maximum Gasteiger partial charge on any atom is 0.258 e. The molecular formula is C19H16Cl2N4O3S. The van der Waals surface area contributed by atoms with Gasteiger partial charge in [0.1, 0.15) is 4.90 Å². The Bertz CT molecular complexity index is 1180. The summed E-state index contributed by atoms with van der Waals surface area (Å²) >= 11 is 12.2. The Morgan fingerprint density at radius 2 is 1.79 bits per heavy atom. The highest BCUT2D eigenvalue weighted by Gasteiger charge is 2.30. The third-order valence-electron chi connectivity index (χ3n) is 4.31. The molecule has 1 aromatic heterocycles. The second-order valence-electron chi connectivity index (χ2n) is 6.59. The van der Waals surface area contributed by atoms with Gasteiger partial charge in [0.15, 0.2) is 5.82 Å². The van der Waals surface area contributed by atoms with Gasteiger partial charge in [-0.15, -0.1) is 0 Å². The molecule has 29 heavy (non-hydrogen) atoms. The molecule has 1 amide bonds. The molecule has 1 fully saturated rings.